The fourth-order valence-corrected chi connectivity index (χ4v) is 17.0. The normalized spacial score (nSPS) is 55.1. The maximum Gasteiger partial charge on any atom is 0.397 e. The lowest BCUT2D eigenvalue weighted by Crippen LogP contribution is -2.69. The Morgan fingerprint density at radius 3 is 1.99 bits per heavy atom. The number of aliphatic hydroxyl groups excluding tert-OH is 10. The van der Waals surface area contributed by atoms with Crippen LogP contribution in [-0.2, 0) is 52.5 Å². The third kappa shape index (κ3) is 8.55. The van der Waals surface area contributed by atoms with Gasteiger partial charge in [0.15, 0.2) is 24.7 Å². The van der Waals surface area contributed by atoms with Crippen molar-refractivity contribution >= 4 is 10.4 Å². The van der Waals surface area contributed by atoms with Crippen molar-refractivity contribution in [1.29, 1.82) is 0 Å². The highest BCUT2D eigenvalue weighted by Gasteiger charge is 2.82. The SMILES string of the molecule is C=C(C)[C@@H](O)C1C[C@](C)(OS(=O)(=O)O)[C@@H]2[C@H]3CCC4[C@@]5(C)CC[C@H](O[C@@H]6O[C@H](CO)[C@@H](O[C@@H]7O[C@@H](C)[C@H](O)[C@@H](O)[C@H]7O)[C@H](O)[C@H]6O[C@@H]6O[C@H](CO)[C@@H](O)[C@H](O)[C@H]6O)C(C)(C)C5CC[C@@]4(C)[C@@]34CO[C@@]2(C4)O1. The summed E-state index contributed by atoms with van der Waals surface area (Å²) < 4.78 is 91.4. The summed E-state index contributed by atoms with van der Waals surface area (Å²) in [7, 11) is -4.94. The molecule has 3 unspecified atom stereocenters. The summed E-state index contributed by atoms with van der Waals surface area (Å²) in [5, 5.41) is 108. The molecule has 9 aliphatic rings. The van der Waals surface area contributed by atoms with Gasteiger partial charge < -0.3 is 89.0 Å². The Kier molecular flexibility index (Phi) is 14.5. The maximum absolute atomic E-state index is 12.6. The fourth-order valence-electron chi connectivity index (χ4n) is 16.4. The molecular weight excluding hydrogens is 961 g/mol. The van der Waals surface area contributed by atoms with Crippen LogP contribution in [0.4, 0.5) is 0 Å². The van der Waals surface area contributed by atoms with Gasteiger partial charge in [-0.15, -0.1) is 0 Å². The van der Waals surface area contributed by atoms with Crippen LogP contribution in [0.5, 0.6) is 0 Å². The van der Waals surface area contributed by atoms with Crippen molar-refractivity contribution in [2.24, 2.45) is 45.3 Å². The van der Waals surface area contributed by atoms with E-state index in [1.54, 1.807) is 13.8 Å². The quantitative estimate of drug-likeness (QED) is 0.0644. The minimum absolute atomic E-state index is 0.0198. The van der Waals surface area contributed by atoms with Crippen LogP contribution in [0, 0.1) is 45.3 Å². The largest absolute Gasteiger partial charge is 0.397 e. The highest BCUT2D eigenvalue weighted by Crippen LogP contribution is 2.80. The van der Waals surface area contributed by atoms with E-state index >= 15 is 0 Å². The molecule has 27 atom stereocenters. The molecule has 22 nitrogen and oxygen atoms in total. The molecule has 4 saturated carbocycles. The first-order chi connectivity index (χ1) is 33.0. The predicted octanol–water partition coefficient (Wildman–Crippen LogP) is -0.847. The highest BCUT2D eigenvalue weighted by atomic mass is 32.3. The van der Waals surface area contributed by atoms with Gasteiger partial charge in [0.2, 0.25) is 0 Å². The van der Waals surface area contributed by atoms with Gasteiger partial charge in [-0.2, -0.15) is 8.42 Å². The van der Waals surface area contributed by atoms with Crippen molar-refractivity contribution in [2.45, 2.75) is 222 Å². The third-order valence-corrected chi connectivity index (χ3v) is 20.3. The average molecular weight is 1040 g/mol. The monoisotopic (exact) mass is 1040 g/mol. The fraction of sp³-hybridized carbons (Fsp3) is 0.958. The van der Waals surface area contributed by atoms with Crippen molar-refractivity contribution in [3.05, 3.63) is 12.2 Å². The van der Waals surface area contributed by atoms with E-state index in [4.69, 9.17) is 42.1 Å². The van der Waals surface area contributed by atoms with Crippen LogP contribution in [0.25, 0.3) is 0 Å². The van der Waals surface area contributed by atoms with Crippen LogP contribution in [0.3, 0.4) is 0 Å². The Morgan fingerprint density at radius 1 is 0.732 bits per heavy atom. The molecule has 0 amide bonds. The van der Waals surface area contributed by atoms with E-state index in [1.165, 1.54) is 6.92 Å². The molecule has 5 saturated heterocycles. The van der Waals surface area contributed by atoms with Crippen molar-refractivity contribution in [3.63, 3.8) is 0 Å². The van der Waals surface area contributed by atoms with Crippen molar-refractivity contribution in [2.75, 3.05) is 19.8 Å². The number of aliphatic hydroxyl groups is 10. The second-order valence-corrected chi connectivity index (χ2v) is 24.9. The molecule has 2 bridgehead atoms. The summed E-state index contributed by atoms with van der Waals surface area (Å²) in [6.45, 7) is 16.4. The molecule has 23 heteroatoms. The topological polar surface area (TPSA) is 340 Å². The van der Waals surface area contributed by atoms with Crippen LogP contribution in [0.1, 0.15) is 99.8 Å². The number of rotatable bonds is 12. The van der Waals surface area contributed by atoms with Gasteiger partial charge in [0.05, 0.1) is 43.7 Å². The second-order valence-electron chi connectivity index (χ2n) is 23.9. The zero-order valence-corrected chi connectivity index (χ0v) is 42.3. The van der Waals surface area contributed by atoms with Gasteiger partial charge in [0.25, 0.3) is 0 Å². The number of hydrogen-bond donors (Lipinski definition) is 11. The van der Waals surface area contributed by atoms with Gasteiger partial charge in [-0.3, -0.25) is 4.55 Å². The van der Waals surface area contributed by atoms with Gasteiger partial charge >= 0.3 is 10.4 Å². The Bertz CT molecular complexity index is 2080. The molecule has 9 fully saturated rings. The minimum Gasteiger partial charge on any atom is -0.394 e. The smallest absolute Gasteiger partial charge is 0.394 e. The Hall–Kier alpha value is -1.11. The molecule has 2 spiro atoms. The molecule has 71 heavy (non-hydrogen) atoms. The van der Waals surface area contributed by atoms with E-state index < -0.39 is 162 Å². The summed E-state index contributed by atoms with van der Waals surface area (Å²) >= 11 is 0. The Morgan fingerprint density at radius 2 is 1.35 bits per heavy atom. The number of fused-ring (bicyclic) bond motifs is 4. The minimum atomic E-state index is -4.94. The van der Waals surface area contributed by atoms with Gasteiger partial charge in [0, 0.05) is 24.2 Å². The molecule has 5 aliphatic heterocycles. The van der Waals surface area contributed by atoms with E-state index in [0.29, 0.717) is 37.9 Å². The highest BCUT2D eigenvalue weighted by molar-refractivity contribution is 7.80. The average Bonchev–Trinajstić information content (AvgIpc) is 3.82. The lowest BCUT2D eigenvalue weighted by Gasteiger charge is -2.70. The Balaban J connectivity index is 0.989. The van der Waals surface area contributed by atoms with Crippen LogP contribution < -0.4 is 0 Å². The predicted molar refractivity (Wildman–Crippen MR) is 241 cm³/mol. The van der Waals surface area contributed by atoms with E-state index in [0.717, 1.165) is 19.3 Å². The number of ether oxygens (including phenoxy) is 8. The second kappa shape index (κ2) is 18.8. The van der Waals surface area contributed by atoms with Crippen LogP contribution in [0.15, 0.2) is 12.2 Å². The summed E-state index contributed by atoms with van der Waals surface area (Å²) in [5.74, 6) is -1.79. The summed E-state index contributed by atoms with van der Waals surface area (Å²) in [6, 6.07) is 0. The standard InChI is InChI=1S/C48H78O22S/c1-20(2)29(51)23-15-46(8,70-71(59,60)61)39-22-9-10-27-44(6)13-12-28(43(4,5)26(44)11-14-45(27,7)47(22)18-48(39,69-23)62-19-47)66-42-38(68-41-35(57)33(55)31(53)24(16-49)64-41)36(58)37(25(17-50)65-42)67-40-34(56)32(54)30(52)21(3)63-40/h21-42,49-58H,1,9-19H2,2-8H3,(H,59,60,61)/t21-,22+,23?,24+,25+,26?,27?,28-,29+,30-,31+,32+,33-,34+,35+,36-,37+,38+,39-,40-,41-,42-,44-,45+,46-,47-,48-/m0/s1. The number of hydrogen-bond acceptors (Lipinski definition) is 21. The maximum atomic E-state index is 12.6. The van der Waals surface area contributed by atoms with Gasteiger partial charge in [-0.25, -0.2) is 4.18 Å². The third-order valence-electron chi connectivity index (χ3n) is 19.7. The zero-order valence-electron chi connectivity index (χ0n) is 41.5. The zero-order chi connectivity index (χ0) is 51.9. The van der Waals surface area contributed by atoms with Crippen molar-refractivity contribution in [3.8, 4) is 0 Å². The van der Waals surface area contributed by atoms with E-state index in [1.807, 2.05) is 0 Å². The molecule has 0 aromatic rings. The van der Waals surface area contributed by atoms with Crippen molar-refractivity contribution < 1.29 is 106 Å². The van der Waals surface area contributed by atoms with Crippen LogP contribution in [-0.4, -0.2) is 206 Å². The molecular formula is C48H78O22S. The van der Waals surface area contributed by atoms with Gasteiger partial charge in [-0.1, -0.05) is 34.3 Å². The molecule has 11 N–H and O–H groups in total. The van der Waals surface area contributed by atoms with E-state index in [9.17, 15) is 64.0 Å². The molecule has 0 aromatic carbocycles. The molecule has 0 aromatic heterocycles. The first kappa shape index (κ1) is 54.7. The van der Waals surface area contributed by atoms with Gasteiger partial charge in [-0.05, 0) is 98.9 Å². The van der Waals surface area contributed by atoms with E-state index in [2.05, 4.69) is 34.3 Å². The molecule has 408 valence electrons. The Labute approximate surface area is 414 Å². The van der Waals surface area contributed by atoms with Crippen LogP contribution >= 0.6 is 0 Å². The molecule has 4 aliphatic carbocycles. The lowest BCUT2D eigenvalue weighted by molar-refractivity contribution is -0.395. The summed E-state index contributed by atoms with van der Waals surface area (Å²) in [5.41, 5.74) is -2.75. The first-order valence-electron chi connectivity index (χ1n) is 25.3. The molecule has 0 radical (unpaired) electrons. The molecule has 5 heterocycles. The molecule has 9 rings (SSSR count). The van der Waals surface area contributed by atoms with E-state index in [-0.39, 0.29) is 35.0 Å². The lowest BCUT2D eigenvalue weighted by atomic mass is 9.35. The summed E-state index contributed by atoms with van der Waals surface area (Å²) in [4.78, 5) is 0. The van der Waals surface area contributed by atoms with Crippen LogP contribution in [0.2, 0.25) is 0 Å². The first-order valence-corrected chi connectivity index (χ1v) is 26.6. The van der Waals surface area contributed by atoms with Crippen molar-refractivity contribution in [1.82, 2.24) is 0 Å². The summed E-state index contributed by atoms with van der Waals surface area (Å²) in [6.07, 6.45) is -22.1. The van der Waals surface area contributed by atoms with Gasteiger partial charge in [0.1, 0.15) is 73.2 Å².